The minimum absolute atomic E-state index is 0.207. The molecule has 2 aliphatic heterocycles. The Morgan fingerprint density at radius 2 is 1.71 bits per heavy atom. The number of hydrogen-bond acceptors (Lipinski definition) is 6. The zero-order chi connectivity index (χ0) is 24.7. The summed E-state index contributed by atoms with van der Waals surface area (Å²) >= 11 is 6.06. The average Bonchev–Trinajstić information content (AvgIpc) is 3.24. The first kappa shape index (κ1) is 22.9. The summed E-state index contributed by atoms with van der Waals surface area (Å²) in [6.45, 7) is 0. The van der Waals surface area contributed by atoms with Crippen molar-refractivity contribution in [1.82, 2.24) is 0 Å². The van der Waals surface area contributed by atoms with Gasteiger partial charge in [0.25, 0.3) is 0 Å². The van der Waals surface area contributed by atoms with Gasteiger partial charge in [0.1, 0.15) is 12.1 Å². The molecule has 35 heavy (non-hydrogen) atoms. The Hall–Kier alpha value is -3.84. The topological polar surface area (TPSA) is 81.9 Å². The van der Waals surface area contributed by atoms with Crippen molar-refractivity contribution >= 4 is 29.1 Å². The fourth-order valence-electron chi connectivity index (χ4n) is 5.27. The van der Waals surface area contributed by atoms with Crippen LogP contribution in [-0.4, -0.2) is 43.1 Å². The van der Waals surface area contributed by atoms with Gasteiger partial charge in [0.15, 0.2) is 17.3 Å². The number of methoxy groups -OCH3 is 2. The number of hydrogen-bond donors (Lipinski definition) is 0. The van der Waals surface area contributed by atoms with Crippen molar-refractivity contribution in [3.63, 3.8) is 0 Å². The van der Waals surface area contributed by atoms with Crippen LogP contribution >= 0.6 is 11.6 Å². The highest BCUT2D eigenvalue weighted by molar-refractivity contribution is 6.30. The Labute approximate surface area is 207 Å². The maximum absolute atomic E-state index is 14.1. The third-order valence-corrected chi connectivity index (χ3v) is 7.05. The number of ether oxygens (including phenoxy) is 2. The number of carbonyl (C=O) groups is 1. The Bertz CT molecular complexity index is 1320. The molecule has 7 nitrogen and oxygen atoms in total. The van der Waals surface area contributed by atoms with Crippen LogP contribution < -0.4 is 14.4 Å². The largest absolute Gasteiger partial charge is 0.493 e. The summed E-state index contributed by atoms with van der Waals surface area (Å²) in [5, 5.41) is 13.1. The van der Waals surface area contributed by atoms with Gasteiger partial charge in [0, 0.05) is 21.2 Å². The minimum Gasteiger partial charge on any atom is -0.493 e. The van der Waals surface area contributed by atoms with Crippen LogP contribution in [0.25, 0.3) is 6.08 Å². The highest BCUT2D eigenvalue weighted by Crippen LogP contribution is 2.48. The molecule has 0 amide bonds. The number of carbonyl (C=O) groups excluding carboxylic acids is 1. The van der Waals surface area contributed by atoms with Crippen LogP contribution in [0.4, 0.5) is 5.69 Å². The summed E-state index contributed by atoms with van der Waals surface area (Å²) in [4.78, 5) is 28.2. The van der Waals surface area contributed by atoms with Crippen molar-refractivity contribution < 1.29 is 19.2 Å². The van der Waals surface area contributed by atoms with Gasteiger partial charge in [-0.2, -0.15) is 0 Å². The van der Waals surface area contributed by atoms with Crippen LogP contribution in [0.15, 0.2) is 72.8 Å². The molecule has 0 aromatic heterocycles. The fourth-order valence-corrected chi connectivity index (χ4v) is 5.40. The van der Waals surface area contributed by atoms with Gasteiger partial charge in [0.2, 0.25) is 6.04 Å². The van der Waals surface area contributed by atoms with Crippen LogP contribution in [0.1, 0.15) is 27.4 Å². The van der Waals surface area contributed by atoms with Crippen molar-refractivity contribution in [3.8, 4) is 11.5 Å². The highest BCUT2D eigenvalue weighted by Gasteiger charge is 2.59. The molecular formula is C27H23ClN2O5. The predicted octanol–water partition coefficient (Wildman–Crippen LogP) is 5.25. The van der Waals surface area contributed by atoms with Crippen molar-refractivity contribution in [1.29, 1.82) is 0 Å². The van der Waals surface area contributed by atoms with E-state index in [2.05, 4.69) is 0 Å². The number of halogens is 1. The second kappa shape index (κ2) is 9.07. The average molecular weight is 491 g/mol. The van der Waals surface area contributed by atoms with Crippen molar-refractivity contribution in [3.05, 3.63) is 105 Å². The second-order valence-corrected chi connectivity index (χ2v) is 8.98. The Kier molecular flexibility index (Phi) is 5.94. The minimum atomic E-state index is -1.06. The molecule has 1 saturated heterocycles. The summed E-state index contributed by atoms with van der Waals surface area (Å²) in [6, 6.07) is 17.0. The van der Waals surface area contributed by atoms with Gasteiger partial charge in [-0.15, -0.1) is 0 Å². The number of benzene rings is 3. The molecule has 0 aliphatic carbocycles. The number of para-hydroxylation sites is 1. The molecule has 8 heteroatoms. The Balaban J connectivity index is 1.72. The molecule has 0 bridgehead atoms. The van der Waals surface area contributed by atoms with Crippen LogP contribution in [-0.2, 0) is 0 Å². The third-order valence-electron chi connectivity index (χ3n) is 6.80. The van der Waals surface area contributed by atoms with Crippen molar-refractivity contribution in [2.24, 2.45) is 0 Å². The van der Waals surface area contributed by atoms with Crippen LogP contribution in [0.2, 0.25) is 5.02 Å². The summed E-state index contributed by atoms with van der Waals surface area (Å²) in [7, 11) is 3.04. The predicted molar refractivity (Wildman–Crippen MR) is 134 cm³/mol. The standard InChI is InChI=1S/C27H23ClN2O5/c1-34-22-14-10-18(15-23(22)35-2)24-25(30(32)33)21-13-9-16-5-3-4-6-20(16)29(21)26(24)27(31)17-7-11-19(28)12-8-17/h3-15,21,24-26H,1-2H3/t21-,24+,25+,26-/m1/s1. The molecule has 0 N–H and O–H groups in total. The molecule has 2 heterocycles. The molecule has 5 rings (SSSR count). The first-order valence-electron chi connectivity index (χ1n) is 11.2. The van der Waals surface area contributed by atoms with Crippen LogP contribution in [0, 0.1) is 10.1 Å². The normalized spacial score (nSPS) is 22.3. The Morgan fingerprint density at radius 1 is 1.00 bits per heavy atom. The molecule has 3 aromatic carbocycles. The van der Waals surface area contributed by atoms with E-state index in [9.17, 15) is 14.9 Å². The molecule has 0 radical (unpaired) electrons. The lowest BCUT2D eigenvalue weighted by Crippen LogP contribution is -2.44. The van der Waals surface area contributed by atoms with Gasteiger partial charge < -0.3 is 14.4 Å². The molecule has 3 aromatic rings. The summed E-state index contributed by atoms with van der Waals surface area (Å²) in [6.07, 6.45) is 3.73. The Morgan fingerprint density at radius 3 is 2.40 bits per heavy atom. The number of anilines is 1. The smallest absolute Gasteiger partial charge is 0.245 e. The van der Waals surface area contributed by atoms with Gasteiger partial charge in [0.05, 0.1) is 20.1 Å². The molecule has 4 atom stereocenters. The van der Waals surface area contributed by atoms with Gasteiger partial charge in [-0.3, -0.25) is 14.9 Å². The van der Waals surface area contributed by atoms with Crippen LogP contribution in [0.5, 0.6) is 11.5 Å². The van der Waals surface area contributed by atoms with Gasteiger partial charge in [-0.25, -0.2) is 0 Å². The number of Topliss-reactive ketones (excluding diaryl/α,β-unsaturated/α-hetero) is 1. The van der Waals surface area contributed by atoms with E-state index in [0.29, 0.717) is 27.6 Å². The van der Waals surface area contributed by atoms with E-state index in [1.54, 1.807) is 42.5 Å². The summed E-state index contributed by atoms with van der Waals surface area (Å²) < 4.78 is 10.8. The summed E-state index contributed by atoms with van der Waals surface area (Å²) in [5.74, 6) is 0.00995. The first-order valence-corrected chi connectivity index (χ1v) is 11.5. The number of nitrogens with zero attached hydrogens (tertiary/aromatic N) is 2. The van der Waals surface area contributed by atoms with E-state index in [1.807, 2.05) is 41.3 Å². The molecule has 2 aliphatic rings. The zero-order valence-electron chi connectivity index (χ0n) is 19.1. The lowest BCUT2D eigenvalue weighted by molar-refractivity contribution is -0.524. The second-order valence-electron chi connectivity index (χ2n) is 8.55. The van der Waals surface area contributed by atoms with E-state index in [4.69, 9.17) is 21.1 Å². The van der Waals surface area contributed by atoms with E-state index in [0.717, 1.165) is 11.3 Å². The van der Waals surface area contributed by atoms with Crippen molar-refractivity contribution in [2.75, 3.05) is 19.1 Å². The van der Waals surface area contributed by atoms with Crippen LogP contribution in [0.3, 0.4) is 0 Å². The number of rotatable bonds is 6. The van der Waals surface area contributed by atoms with E-state index in [1.165, 1.54) is 14.2 Å². The van der Waals surface area contributed by atoms with E-state index < -0.39 is 24.0 Å². The highest BCUT2D eigenvalue weighted by atomic mass is 35.5. The number of nitro groups is 1. The van der Waals surface area contributed by atoms with Gasteiger partial charge >= 0.3 is 0 Å². The molecule has 0 spiro atoms. The monoisotopic (exact) mass is 490 g/mol. The molecular weight excluding hydrogens is 468 g/mol. The fraction of sp³-hybridized carbons (Fsp3) is 0.222. The lowest BCUT2D eigenvalue weighted by Gasteiger charge is -2.34. The van der Waals surface area contributed by atoms with E-state index in [-0.39, 0.29) is 10.7 Å². The number of ketones is 1. The molecule has 1 fully saturated rings. The zero-order valence-corrected chi connectivity index (χ0v) is 19.9. The summed E-state index contributed by atoms with van der Waals surface area (Å²) in [5.41, 5.74) is 2.78. The lowest BCUT2D eigenvalue weighted by atomic mass is 9.83. The maximum atomic E-state index is 14.1. The number of fused-ring (bicyclic) bond motifs is 3. The quantitative estimate of drug-likeness (QED) is 0.266. The van der Waals surface area contributed by atoms with Crippen molar-refractivity contribution in [2.45, 2.75) is 24.0 Å². The van der Waals surface area contributed by atoms with Gasteiger partial charge in [-0.1, -0.05) is 48.0 Å². The SMILES string of the molecule is COc1ccc([C@H]2[C@@H]([N+](=O)[O-])[C@H]3C=Cc4ccccc4N3[C@H]2C(=O)c2ccc(Cl)cc2)cc1OC. The first-order chi connectivity index (χ1) is 16.9. The van der Waals surface area contributed by atoms with E-state index >= 15 is 0 Å². The van der Waals surface area contributed by atoms with Gasteiger partial charge in [-0.05, 0) is 53.6 Å². The molecule has 178 valence electrons. The maximum Gasteiger partial charge on any atom is 0.245 e. The molecule has 0 saturated carbocycles. The molecule has 0 unspecified atom stereocenters. The third kappa shape index (κ3) is 3.82.